The first-order chi connectivity index (χ1) is 11.5. The van der Waals surface area contributed by atoms with Crippen LogP contribution in [0.1, 0.15) is 84.6 Å². The molecule has 2 heteroatoms. The summed E-state index contributed by atoms with van der Waals surface area (Å²) < 4.78 is 11.8. The van der Waals surface area contributed by atoms with Gasteiger partial charge >= 0.3 is 0 Å². The molecule has 0 aromatic heterocycles. The monoisotopic (exact) mass is 330 g/mol. The van der Waals surface area contributed by atoms with Crippen molar-refractivity contribution in [2.24, 2.45) is 0 Å². The van der Waals surface area contributed by atoms with Gasteiger partial charge in [-0.05, 0) is 62.8 Å². The van der Waals surface area contributed by atoms with E-state index in [2.05, 4.69) is 39.8 Å². The van der Waals surface area contributed by atoms with Gasteiger partial charge in [0.15, 0.2) is 0 Å². The summed E-state index contributed by atoms with van der Waals surface area (Å²) in [5.41, 5.74) is 4.07. The molecule has 1 aliphatic heterocycles. The summed E-state index contributed by atoms with van der Waals surface area (Å²) >= 11 is 0. The first kappa shape index (κ1) is 18.9. The molecule has 0 atom stereocenters. The lowest BCUT2D eigenvalue weighted by molar-refractivity contribution is 0.138. The van der Waals surface area contributed by atoms with Gasteiger partial charge in [-0.15, -0.1) is 0 Å². The van der Waals surface area contributed by atoms with E-state index in [9.17, 15) is 0 Å². The smallest absolute Gasteiger partial charge is 0.131 e. The Labute approximate surface area is 148 Å². The van der Waals surface area contributed by atoms with Crippen molar-refractivity contribution in [3.63, 3.8) is 0 Å². The van der Waals surface area contributed by atoms with Crippen molar-refractivity contribution in [1.29, 1.82) is 0 Å². The van der Waals surface area contributed by atoms with Crippen molar-refractivity contribution in [1.82, 2.24) is 0 Å². The zero-order valence-corrected chi connectivity index (χ0v) is 16.2. The van der Waals surface area contributed by atoms with E-state index in [-0.39, 0.29) is 5.60 Å². The maximum atomic E-state index is 6.40. The van der Waals surface area contributed by atoms with E-state index in [0.717, 1.165) is 24.3 Å². The van der Waals surface area contributed by atoms with Crippen LogP contribution in [0.5, 0.6) is 11.5 Å². The quantitative estimate of drug-likeness (QED) is 0.465. The van der Waals surface area contributed by atoms with Crippen molar-refractivity contribution in [3.8, 4) is 11.5 Å². The summed E-state index contributed by atoms with van der Waals surface area (Å²) in [4.78, 5) is 0. The summed E-state index contributed by atoms with van der Waals surface area (Å²) in [6.45, 7) is 8.97. The second kappa shape index (κ2) is 8.60. The van der Waals surface area contributed by atoms with Crippen molar-refractivity contribution in [3.05, 3.63) is 29.3 Å². The Balaban J connectivity index is 2.41. The maximum Gasteiger partial charge on any atom is 0.131 e. The molecule has 134 valence electrons. The van der Waals surface area contributed by atoms with E-state index in [0.29, 0.717) is 0 Å². The molecule has 0 saturated carbocycles. The molecule has 0 unspecified atom stereocenters. The molecule has 0 radical (unpaired) electrons. The van der Waals surface area contributed by atoms with Crippen LogP contribution in [0.3, 0.4) is 0 Å². The molecule has 0 saturated heterocycles. The highest BCUT2D eigenvalue weighted by atomic mass is 16.5. The van der Waals surface area contributed by atoms with Gasteiger partial charge in [0.05, 0.1) is 7.11 Å². The van der Waals surface area contributed by atoms with Crippen LogP contribution < -0.4 is 9.47 Å². The summed E-state index contributed by atoms with van der Waals surface area (Å²) in [6.07, 6.45) is 9.90. The number of fused-ring (bicyclic) bond motifs is 1. The molecule has 0 amide bonds. The van der Waals surface area contributed by atoms with Crippen LogP contribution in [-0.4, -0.2) is 12.7 Å². The van der Waals surface area contributed by atoms with Gasteiger partial charge in [0.25, 0.3) is 0 Å². The van der Waals surface area contributed by atoms with E-state index in [1.54, 1.807) is 7.11 Å². The Morgan fingerprint density at radius 1 is 0.958 bits per heavy atom. The number of methoxy groups -OCH3 is 1. The minimum absolute atomic E-state index is 0.228. The van der Waals surface area contributed by atoms with Gasteiger partial charge in [-0.3, -0.25) is 0 Å². The molecule has 24 heavy (non-hydrogen) atoms. The first-order valence-electron chi connectivity index (χ1n) is 9.63. The van der Waals surface area contributed by atoms with E-state index in [4.69, 9.17) is 9.47 Å². The first-order valence-corrected chi connectivity index (χ1v) is 9.63. The average Bonchev–Trinajstić information content (AvgIpc) is 2.56. The second-order valence-electron chi connectivity index (χ2n) is 7.35. The summed E-state index contributed by atoms with van der Waals surface area (Å²) in [6, 6.07) is 6.29. The van der Waals surface area contributed by atoms with Crippen LogP contribution >= 0.6 is 0 Å². The van der Waals surface area contributed by atoms with E-state index < -0.39 is 0 Å². The number of rotatable bonds is 9. The third kappa shape index (κ3) is 4.34. The van der Waals surface area contributed by atoms with Gasteiger partial charge in [-0.1, -0.05) is 39.5 Å². The summed E-state index contributed by atoms with van der Waals surface area (Å²) in [7, 11) is 1.71. The number of allylic oxidation sites excluding steroid dienone is 1. The Kier molecular flexibility index (Phi) is 6.77. The average molecular weight is 331 g/mol. The fraction of sp³-hybridized carbons (Fsp3) is 0.636. The maximum absolute atomic E-state index is 6.40. The molecule has 2 nitrogen and oxygen atoms in total. The fourth-order valence-electron chi connectivity index (χ4n) is 3.67. The lowest BCUT2D eigenvalue weighted by Gasteiger charge is -2.38. The zero-order chi connectivity index (χ0) is 17.6. The predicted octanol–water partition coefficient (Wildman–Crippen LogP) is 6.78. The Morgan fingerprint density at radius 2 is 1.62 bits per heavy atom. The third-order valence-electron chi connectivity index (χ3n) is 5.03. The van der Waals surface area contributed by atoms with E-state index >= 15 is 0 Å². The van der Waals surface area contributed by atoms with Gasteiger partial charge in [0.2, 0.25) is 0 Å². The number of hydrogen-bond donors (Lipinski definition) is 0. The van der Waals surface area contributed by atoms with Crippen molar-refractivity contribution < 1.29 is 9.47 Å². The molecule has 2 rings (SSSR count). The van der Waals surface area contributed by atoms with Gasteiger partial charge in [0, 0.05) is 11.6 Å². The largest absolute Gasteiger partial charge is 0.497 e. The summed E-state index contributed by atoms with van der Waals surface area (Å²) in [5.74, 6) is 1.84. The van der Waals surface area contributed by atoms with Gasteiger partial charge in [0.1, 0.15) is 17.1 Å². The number of benzene rings is 1. The Bertz CT molecular complexity index is 569. The molecule has 0 aliphatic carbocycles. The van der Waals surface area contributed by atoms with Gasteiger partial charge in [-0.2, -0.15) is 0 Å². The molecule has 1 heterocycles. The van der Waals surface area contributed by atoms with Crippen LogP contribution in [-0.2, 0) is 0 Å². The molecular weight excluding hydrogens is 296 g/mol. The standard InChI is InChI=1S/C22H34O2/c1-6-8-10-12-18-19-15-14-17(23-5)16-21(19)24-22(3,4)20(18)13-11-9-7-2/h14-16H,6-13H2,1-5H3. The van der Waals surface area contributed by atoms with Crippen molar-refractivity contribution in [2.45, 2.75) is 84.7 Å². The molecular formula is C22H34O2. The fourth-order valence-corrected chi connectivity index (χ4v) is 3.67. The van der Waals surface area contributed by atoms with E-state index in [1.807, 2.05) is 6.07 Å². The predicted molar refractivity (Wildman–Crippen MR) is 103 cm³/mol. The lowest BCUT2D eigenvalue weighted by Crippen LogP contribution is -2.35. The Hall–Kier alpha value is -1.44. The van der Waals surface area contributed by atoms with Gasteiger partial charge in [-0.25, -0.2) is 0 Å². The van der Waals surface area contributed by atoms with Crippen LogP contribution in [0.4, 0.5) is 0 Å². The molecule has 1 aliphatic rings. The second-order valence-corrected chi connectivity index (χ2v) is 7.35. The summed E-state index contributed by atoms with van der Waals surface area (Å²) in [5, 5.41) is 0. The van der Waals surface area contributed by atoms with Crippen molar-refractivity contribution in [2.75, 3.05) is 7.11 Å². The van der Waals surface area contributed by atoms with Gasteiger partial charge < -0.3 is 9.47 Å². The molecule has 0 spiro atoms. The Morgan fingerprint density at radius 3 is 2.25 bits per heavy atom. The highest BCUT2D eigenvalue weighted by molar-refractivity contribution is 5.77. The number of ether oxygens (including phenoxy) is 2. The molecule has 0 bridgehead atoms. The van der Waals surface area contributed by atoms with Crippen LogP contribution in [0, 0.1) is 0 Å². The van der Waals surface area contributed by atoms with Crippen LogP contribution in [0.25, 0.3) is 5.57 Å². The minimum atomic E-state index is -0.228. The normalized spacial score (nSPS) is 15.9. The minimum Gasteiger partial charge on any atom is -0.497 e. The zero-order valence-electron chi connectivity index (χ0n) is 16.2. The highest BCUT2D eigenvalue weighted by Crippen LogP contribution is 2.45. The molecule has 0 fully saturated rings. The molecule has 1 aromatic carbocycles. The lowest BCUT2D eigenvalue weighted by atomic mass is 9.81. The molecule has 0 N–H and O–H groups in total. The molecule has 1 aromatic rings. The van der Waals surface area contributed by atoms with Crippen molar-refractivity contribution >= 4 is 5.57 Å². The highest BCUT2D eigenvalue weighted by Gasteiger charge is 2.34. The SMILES string of the molecule is CCCCCC1=C(CCCCC)C(C)(C)Oc2cc(OC)ccc21. The topological polar surface area (TPSA) is 18.5 Å². The van der Waals surface area contributed by atoms with Crippen LogP contribution in [0.2, 0.25) is 0 Å². The number of hydrogen-bond acceptors (Lipinski definition) is 2. The number of unbranched alkanes of at least 4 members (excludes halogenated alkanes) is 4. The third-order valence-corrected chi connectivity index (χ3v) is 5.03. The van der Waals surface area contributed by atoms with E-state index in [1.165, 1.54) is 55.2 Å². The van der Waals surface area contributed by atoms with Crippen LogP contribution in [0.15, 0.2) is 23.8 Å².